The fraction of sp³-hybridized carbons (Fsp3) is 0.286. The van der Waals surface area contributed by atoms with Gasteiger partial charge in [0.25, 0.3) is 0 Å². The third kappa shape index (κ3) is 4.98. The SMILES string of the molecule is CC1CC(=O)Nc2ccccc2N1C(=O)CN(C)CC(=O)Nc1ccc(F)c(F)c1. The first-order valence-electron chi connectivity index (χ1n) is 9.39. The summed E-state index contributed by atoms with van der Waals surface area (Å²) in [5.74, 6) is -2.99. The van der Waals surface area contributed by atoms with Gasteiger partial charge in [0.1, 0.15) is 0 Å². The highest BCUT2D eigenvalue weighted by Gasteiger charge is 2.30. The highest BCUT2D eigenvalue weighted by atomic mass is 19.2. The average molecular weight is 416 g/mol. The summed E-state index contributed by atoms with van der Waals surface area (Å²) in [7, 11) is 1.60. The minimum atomic E-state index is -1.06. The number of hydrogen-bond donors (Lipinski definition) is 2. The van der Waals surface area contributed by atoms with Gasteiger partial charge in [0, 0.05) is 24.2 Å². The van der Waals surface area contributed by atoms with E-state index in [0.717, 1.165) is 12.1 Å². The molecule has 30 heavy (non-hydrogen) atoms. The molecule has 1 aliphatic rings. The van der Waals surface area contributed by atoms with Crippen LogP contribution in [0.4, 0.5) is 25.8 Å². The van der Waals surface area contributed by atoms with Crippen molar-refractivity contribution in [2.45, 2.75) is 19.4 Å². The second-order valence-corrected chi connectivity index (χ2v) is 7.23. The largest absolute Gasteiger partial charge is 0.325 e. The third-order valence-corrected chi connectivity index (χ3v) is 4.65. The van der Waals surface area contributed by atoms with Crippen molar-refractivity contribution >= 4 is 34.8 Å². The van der Waals surface area contributed by atoms with Crippen molar-refractivity contribution in [3.05, 3.63) is 54.1 Å². The number of carbonyl (C=O) groups excluding carboxylic acids is 3. The number of benzene rings is 2. The molecule has 3 amide bonds. The monoisotopic (exact) mass is 416 g/mol. The van der Waals surface area contributed by atoms with Gasteiger partial charge in [-0.2, -0.15) is 0 Å². The van der Waals surface area contributed by atoms with E-state index in [9.17, 15) is 23.2 Å². The summed E-state index contributed by atoms with van der Waals surface area (Å²) in [6, 6.07) is 9.74. The number of likely N-dealkylation sites (N-methyl/N-ethyl adjacent to an activating group) is 1. The lowest BCUT2D eigenvalue weighted by molar-refractivity contribution is -0.121. The van der Waals surface area contributed by atoms with E-state index in [0.29, 0.717) is 11.4 Å². The molecule has 1 atom stereocenters. The summed E-state index contributed by atoms with van der Waals surface area (Å²) in [5, 5.41) is 5.26. The maximum absolute atomic E-state index is 13.3. The van der Waals surface area contributed by atoms with Crippen LogP contribution in [0.5, 0.6) is 0 Å². The lowest BCUT2D eigenvalue weighted by Crippen LogP contribution is -2.45. The van der Waals surface area contributed by atoms with E-state index in [1.807, 2.05) is 0 Å². The van der Waals surface area contributed by atoms with Crippen molar-refractivity contribution in [2.75, 3.05) is 35.7 Å². The number of nitrogens with one attached hydrogen (secondary N) is 2. The summed E-state index contributed by atoms with van der Waals surface area (Å²) < 4.78 is 26.3. The van der Waals surface area contributed by atoms with Crippen LogP contribution in [0.15, 0.2) is 42.5 Å². The van der Waals surface area contributed by atoms with Gasteiger partial charge in [-0.3, -0.25) is 19.3 Å². The van der Waals surface area contributed by atoms with Crippen LogP contribution in [0.1, 0.15) is 13.3 Å². The Bertz CT molecular complexity index is 982. The quantitative estimate of drug-likeness (QED) is 0.785. The van der Waals surface area contributed by atoms with Crippen LogP contribution in [0.2, 0.25) is 0 Å². The summed E-state index contributed by atoms with van der Waals surface area (Å²) >= 11 is 0. The molecule has 0 fully saturated rings. The van der Waals surface area contributed by atoms with E-state index in [2.05, 4.69) is 10.6 Å². The molecule has 2 N–H and O–H groups in total. The second kappa shape index (κ2) is 9.00. The van der Waals surface area contributed by atoms with Crippen LogP contribution in [-0.2, 0) is 14.4 Å². The molecule has 0 bridgehead atoms. The molecule has 1 aliphatic heterocycles. The van der Waals surface area contributed by atoms with Gasteiger partial charge in [-0.15, -0.1) is 0 Å². The predicted molar refractivity (Wildman–Crippen MR) is 109 cm³/mol. The zero-order chi connectivity index (χ0) is 21.8. The first kappa shape index (κ1) is 21.4. The molecule has 0 radical (unpaired) electrons. The number of anilines is 3. The number of amides is 3. The normalized spacial score (nSPS) is 16.0. The fourth-order valence-electron chi connectivity index (χ4n) is 3.35. The number of rotatable bonds is 5. The molecule has 1 unspecified atom stereocenters. The van der Waals surface area contributed by atoms with Crippen molar-refractivity contribution in [3.8, 4) is 0 Å². The molecule has 0 saturated carbocycles. The smallest absolute Gasteiger partial charge is 0.241 e. The Kier molecular flexibility index (Phi) is 6.41. The number of para-hydroxylation sites is 2. The van der Waals surface area contributed by atoms with Gasteiger partial charge in [0.2, 0.25) is 17.7 Å². The Morgan fingerprint density at radius 2 is 1.90 bits per heavy atom. The fourth-order valence-corrected chi connectivity index (χ4v) is 3.35. The number of halogens is 2. The van der Waals surface area contributed by atoms with Gasteiger partial charge in [-0.25, -0.2) is 8.78 Å². The molecular weight excluding hydrogens is 394 g/mol. The molecule has 1 heterocycles. The van der Waals surface area contributed by atoms with E-state index in [1.54, 1.807) is 43.1 Å². The summed E-state index contributed by atoms with van der Waals surface area (Å²) in [6.45, 7) is 1.58. The van der Waals surface area contributed by atoms with Crippen molar-refractivity contribution in [3.63, 3.8) is 0 Å². The number of hydrogen-bond acceptors (Lipinski definition) is 4. The van der Waals surface area contributed by atoms with Crippen LogP contribution in [0.25, 0.3) is 0 Å². The van der Waals surface area contributed by atoms with Gasteiger partial charge >= 0.3 is 0 Å². The van der Waals surface area contributed by atoms with Crippen LogP contribution in [0.3, 0.4) is 0 Å². The summed E-state index contributed by atoms with van der Waals surface area (Å²) in [4.78, 5) is 40.3. The Morgan fingerprint density at radius 1 is 1.17 bits per heavy atom. The second-order valence-electron chi connectivity index (χ2n) is 7.23. The number of nitrogens with zero attached hydrogens (tertiary/aromatic N) is 2. The molecule has 0 spiro atoms. The molecule has 0 aromatic heterocycles. The molecule has 158 valence electrons. The molecule has 0 saturated heterocycles. The van der Waals surface area contributed by atoms with Crippen LogP contribution >= 0.6 is 0 Å². The van der Waals surface area contributed by atoms with Gasteiger partial charge in [0.05, 0.1) is 24.5 Å². The van der Waals surface area contributed by atoms with E-state index in [1.165, 1.54) is 11.0 Å². The Labute approximate surface area is 172 Å². The van der Waals surface area contributed by atoms with Crippen molar-refractivity contribution < 1.29 is 23.2 Å². The lowest BCUT2D eigenvalue weighted by Gasteiger charge is -2.29. The topological polar surface area (TPSA) is 81.8 Å². The van der Waals surface area contributed by atoms with E-state index in [-0.39, 0.29) is 43.1 Å². The highest BCUT2D eigenvalue weighted by Crippen LogP contribution is 2.31. The average Bonchev–Trinajstić information content (AvgIpc) is 2.78. The minimum Gasteiger partial charge on any atom is -0.325 e. The number of fused-ring (bicyclic) bond motifs is 1. The summed E-state index contributed by atoms with van der Waals surface area (Å²) in [5.41, 5.74) is 1.28. The van der Waals surface area contributed by atoms with Gasteiger partial charge in [-0.1, -0.05) is 12.1 Å². The zero-order valence-corrected chi connectivity index (χ0v) is 16.6. The van der Waals surface area contributed by atoms with Gasteiger partial charge in [0.15, 0.2) is 11.6 Å². The molecule has 7 nitrogen and oxygen atoms in total. The van der Waals surface area contributed by atoms with Crippen LogP contribution in [-0.4, -0.2) is 48.8 Å². The van der Waals surface area contributed by atoms with E-state index >= 15 is 0 Å². The Balaban J connectivity index is 1.65. The molecule has 2 aromatic rings. The Hall–Kier alpha value is -3.33. The van der Waals surface area contributed by atoms with E-state index in [4.69, 9.17) is 0 Å². The first-order valence-corrected chi connectivity index (χ1v) is 9.39. The van der Waals surface area contributed by atoms with Crippen molar-refractivity contribution in [1.29, 1.82) is 0 Å². The molecule has 0 aliphatic carbocycles. The maximum Gasteiger partial charge on any atom is 0.241 e. The highest BCUT2D eigenvalue weighted by molar-refractivity contribution is 6.05. The van der Waals surface area contributed by atoms with Gasteiger partial charge < -0.3 is 15.5 Å². The summed E-state index contributed by atoms with van der Waals surface area (Å²) in [6.07, 6.45) is 0.154. The number of carbonyl (C=O) groups is 3. The van der Waals surface area contributed by atoms with Crippen molar-refractivity contribution in [1.82, 2.24) is 4.90 Å². The zero-order valence-electron chi connectivity index (χ0n) is 16.6. The maximum atomic E-state index is 13.3. The molecular formula is C21H22F2N4O3. The predicted octanol–water partition coefficient (Wildman–Crippen LogP) is 2.60. The first-order chi connectivity index (χ1) is 14.2. The Morgan fingerprint density at radius 3 is 2.63 bits per heavy atom. The molecule has 3 rings (SSSR count). The minimum absolute atomic E-state index is 0.0714. The molecule has 2 aromatic carbocycles. The molecule has 9 heteroatoms. The van der Waals surface area contributed by atoms with Crippen molar-refractivity contribution in [2.24, 2.45) is 0 Å². The van der Waals surface area contributed by atoms with Gasteiger partial charge in [-0.05, 0) is 38.2 Å². The lowest BCUT2D eigenvalue weighted by atomic mass is 10.1. The van der Waals surface area contributed by atoms with Crippen LogP contribution in [0, 0.1) is 11.6 Å². The van der Waals surface area contributed by atoms with E-state index < -0.39 is 17.5 Å². The third-order valence-electron chi connectivity index (χ3n) is 4.65. The van der Waals surface area contributed by atoms with Crippen LogP contribution < -0.4 is 15.5 Å². The standard InChI is InChI=1S/C21H22F2N4O3/c1-13-9-19(28)25-17-5-3-4-6-18(17)27(13)21(30)12-26(2)11-20(29)24-14-7-8-15(22)16(23)10-14/h3-8,10,13H,9,11-12H2,1-2H3,(H,24,29)(H,25,28).